The molecular formula is C16H13NO5. The first-order valence-electron chi connectivity index (χ1n) is 6.79. The smallest absolute Gasteiger partial charge is 0.344 e. The molecule has 1 heterocycles. The zero-order valence-corrected chi connectivity index (χ0v) is 11.9. The highest BCUT2D eigenvalue weighted by Crippen LogP contribution is 2.26. The predicted molar refractivity (Wildman–Crippen MR) is 79.0 cm³/mol. The maximum absolute atomic E-state index is 11.4. The van der Waals surface area contributed by atoms with E-state index in [0.29, 0.717) is 34.9 Å². The minimum atomic E-state index is -0.438. The van der Waals surface area contributed by atoms with E-state index in [1.54, 1.807) is 31.2 Å². The second-order valence-electron chi connectivity index (χ2n) is 4.57. The van der Waals surface area contributed by atoms with Crippen LogP contribution in [0.25, 0.3) is 22.6 Å². The van der Waals surface area contributed by atoms with Crippen molar-refractivity contribution in [1.82, 2.24) is 4.98 Å². The van der Waals surface area contributed by atoms with Crippen molar-refractivity contribution in [2.45, 2.75) is 6.92 Å². The maximum Gasteiger partial charge on any atom is 0.344 e. The first kappa shape index (κ1) is 14.1. The number of carbonyl (C=O) groups excluding carboxylic acids is 1. The molecule has 112 valence electrons. The second-order valence-corrected chi connectivity index (χ2v) is 4.57. The number of esters is 1. The van der Waals surface area contributed by atoms with E-state index in [4.69, 9.17) is 13.9 Å². The normalized spacial score (nSPS) is 10.8. The lowest BCUT2D eigenvalue weighted by molar-refractivity contribution is -0.145. The molecule has 1 aliphatic carbocycles. The Morgan fingerprint density at radius 2 is 2.09 bits per heavy atom. The Morgan fingerprint density at radius 1 is 1.23 bits per heavy atom. The molecule has 0 spiro atoms. The molecule has 3 rings (SSSR count). The number of nitrogens with zero attached hydrogens (tertiary/aromatic N) is 1. The van der Waals surface area contributed by atoms with E-state index in [9.17, 15) is 9.59 Å². The molecule has 0 saturated carbocycles. The Balaban J connectivity index is 1.92. The summed E-state index contributed by atoms with van der Waals surface area (Å²) in [4.78, 5) is 27.0. The summed E-state index contributed by atoms with van der Waals surface area (Å²) in [6.07, 6.45) is 0. The molecule has 1 aromatic carbocycles. The fourth-order valence-electron chi connectivity index (χ4n) is 2.02. The van der Waals surface area contributed by atoms with Crippen molar-refractivity contribution in [3.8, 4) is 17.2 Å². The van der Waals surface area contributed by atoms with Crippen LogP contribution in [-0.2, 0) is 9.53 Å². The van der Waals surface area contributed by atoms with Crippen LogP contribution in [0, 0.1) is 0 Å². The second kappa shape index (κ2) is 5.85. The molecule has 0 amide bonds. The van der Waals surface area contributed by atoms with Gasteiger partial charge in [0.25, 0.3) is 0 Å². The molecule has 0 radical (unpaired) electrons. The lowest BCUT2D eigenvalue weighted by atomic mass is 10.2. The monoisotopic (exact) mass is 299 g/mol. The summed E-state index contributed by atoms with van der Waals surface area (Å²) in [6, 6.07) is 9.48. The summed E-state index contributed by atoms with van der Waals surface area (Å²) in [7, 11) is 0. The quantitative estimate of drug-likeness (QED) is 0.543. The van der Waals surface area contributed by atoms with Gasteiger partial charge in [-0.05, 0) is 31.2 Å². The third kappa shape index (κ3) is 2.90. The van der Waals surface area contributed by atoms with Crippen molar-refractivity contribution in [1.29, 1.82) is 0 Å². The molecule has 2 aliphatic rings. The summed E-state index contributed by atoms with van der Waals surface area (Å²) in [5.74, 6) is 0.429. The van der Waals surface area contributed by atoms with Crippen molar-refractivity contribution in [2.24, 2.45) is 0 Å². The number of ether oxygens (including phenoxy) is 2. The molecule has 6 heteroatoms. The third-order valence-corrected chi connectivity index (χ3v) is 2.99. The van der Waals surface area contributed by atoms with Crippen LogP contribution in [0.2, 0.25) is 0 Å². The summed E-state index contributed by atoms with van der Waals surface area (Å²) in [6.45, 7) is 1.86. The minimum Gasteiger partial charge on any atom is -0.482 e. The lowest BCUT2D eigenvalue weighted by Gasteiger charge is -2.08. The van der Waals surface area contributed by atoms with Crippen LogP contribution in [0.5, 0.6) is 5.75 Å². The number of hydrogen-bond acceptors (Lipinski definition) is 6. The largest absolute Gasteiger partial charge is 0.482 e. The van der Waals surface area contributed by atoms with Gasteiger partial charge in [0.1, 0.15) is 17.0 Å². The van der Waals surface area contributed by atoms with Crippen molar-refractivity contribution < 1.29 is 18.7 Å². The zero-order valence-electron chi connectivity index (χ0n) is 11.9. The average molecular weight is 299 g/mol. The highest BCUT2D eigenvalue weighted by atomic mass is 16.6. The molecule has 22 heavy (non-hydrogen) atoms. The van der Waals surface area contributed by atoms with Crippen LogP contribution in [-0.4, -0.2) is 24.2 Å². The SMILES string of the molecule is CCOC(=O)COc1ccc2nc3ccc(=O)cc-3oc2c1. The molecule has 0 saturated heterocycles. The highest BCUT2D eigenvalue weighted by Gasteiger charge is 2.10. The summed E-state index contributed by atoms with van der Waals surface area (Å²) < 4.78 is 15.8. The fraction of sp³-hybridized carbons (Fsp3) is 0.188. The summed E-state index contributed by atoms with van der Waals surface area (Å²) in [5.41, 5.74) is 1.56. The van der Waals surface area contributed by atoms with E-state index in [2.05, 4.69) is 4.98 Å². The molecular weight excluding hydrogens is 286 g/mol. The third-order valence-electron chi connectivity index (χ3n) is 2.99. The van der Waals surface area contributed by atoms with Gasteiger partial charge in [-0.1, -0.05) is 0 Å². The van der Waals surface area contributed by atoms with Crippen molar-refractivity contribution in [3.63, 3.8) is 0 Å². The molecule has 0 aromatic heterocycles. The van der Waals surface area contributed by atoms with Crippen LogP contribution in [0.4, 0.5) is 0 Å². The number of fused-ring (bicyclic) bond motifs is 2. The Hall–Kier alpha value is -2.89. The molecule has 0 unspecified atom stereocenters. The number of benzene rings is 2. The number of aromatic nitrogens is 1. The van der Waals surface area contributed by atoms with Crippen LogP contribution in [0.1, 0.15) is 6.92 Å². The number of carbonyl (C=O) groups is 1. The van der Waals surface area contributed by atoms with Crippen LogP contribution >= 0.6 is 0 Å². The van der Waals surface area contributed by atoms with Gasteiger partial charge in [-0.15, -0.1) is 0 Å². The topological polar surface area (TPSA) is 78.6 Å². The first-order chi connectivity index (χ1) is 10.7. The van der Waals surface area contributed by atoms with E-state index in [1.165, 1.54) is 12.1 Å². The maximum atomic E-state index is 11.4. The minimum absolute atomic E-state index is 0.146. The predicted octanol–water partition coefficient (Wildman–Crippen LogP) is 2.23. The molecule has 0 bridgehead atoms. The number of hydrogen-bond donors (Lipinski definition) is 0. The zero-order chi connectivity index (χ0) is 15.5. The lowest BCUT2D eigenvalue weighted by Crippen LogP contribution is -2.14. The fourth-order valence-corrected chi connectivity index (χ4v) is 2.02. The first-order valence-corrected chi connectivity index (χ1v) is 6.79. The van der Waals surface area contributed by atoms with E-state index < -0.39 is 5.97 Å². The molecule has 0 atom stereocenters. The van der Waals surface area contributed by atoms with Gasteiger partial charge in [0.05, 0.1) is 6.61 Å². The summed E-state index contributed by atoms with van der Waals surface area (Å²) >= 11 is 0. The van der Waals surface area contributed by atoms with Crippen molar-refractivity contribution >= 4 is 17.1 Å². The number of rotatable bonds is 4. The van der Waals surface area contributed by atoms with E-state index in [-0.39, 0.29) is 12.0 Å². The Morgan fingerprint density at radius 3 is 2.91 bits per heavy atom. The van der Waals surface area contributed by atoms with Gasteiger partial charge in [0, 0.05) is 12.1 Å². The van der Waals surface area contributed by atoms with Crippen LogP contribution in [0.15, 0.2) is 45.6 Å². The highest BCUT2D eigenvalue weighted by molar-refractivity contribution is 5.78. The van der Waals surface area contributed by atoms with Crippen LogP contribution in [0.3, 0.4) is 0 Å². The standard InChI is InChI=1S/C16H13NO5/c1-2-20-16(19)9-21-11-4-6-13-15(8-11)22-14-7-10(18)3-5-12(14)17-13/h3-8H,2,9H2,1H3. The molecule has 1 aromatic rings. The summed E-state index contributed by atoms with van der Waals surface area (Å²) in [5, 5.41) is 0. The van der Waals surface area contributed by atoms with Crippen LogP contribution < -0.4 is 10.2 Å². The Labute approximate surface area is 125 Å². The van der Waals surface area contributed by atoms with E-state index in [1.807, 2.05) is 0 Å². The van der Waals surface area contributed by atoms with Crippen molar-refractivity contribution in [3.05, 3.63) is 46.6 Å². The van der Waals surface area contributed by atoms with Gasteiger partial charge in [-0.25, -0.2) is 9.78 Å². The van der Waals surface area contributed by atoms with Gasteiger partial charge in [0.2, 0.25) is 0 Å². The molecule has 0 fully saturated rings. The van der Waals surface area contributed by atoms with E-state index in [0.717, 1.165) is 0 Å². The molecule has 6 nitrogen and oxygen atoms in total. The Kier molecular flexibility index (Phi) is 3.74. The Bertz CT molecular complexity index is 855. The van der Waals surface area contributed by atoms with Gasteiger partial charge >= 0.3 is 5.97 Å². The average Bonchev–Trinajstić information content (AvgIpc) is 2.51. The molecule has 1 aliphatic heterocycles. The van der Waals surface area contributed by atoms with Crippen molar-refractivity contribution in [2.75, 3.05) is 13.2 Å². The van der Waals surface area contributed by atoms with Gasteiger partial charge in [0.15, 0.2) is 23.4 Å². The van der Waals surface area contributed by atoms with Gasteiger partial charge in [-0.3, -0.25) is 4.79 Å². The molecule has 0 N–H and O–H groups in total. The van der Waals surface area contributed by atoms with Gasteiger partial charge in [-0.2, -0.15) is 0 Å². The van der Waals surface area contributed by atoms with E-state index >= 15 is 0 Å². The van der Waals surface area contributed by atoms with Gasteiger partial charge < -0.3 is 13.9 Å².